The molecule has 2 aromatic heterocycles. The van der Waals surface area contributed by atoms with Crippen molar-refractivity contribution in [2.45, 2.75) is 0 Å². The average Bonchev–Trinajstić information content (AvgIpc) is 2.93. The van der Waals surface area contributed by atoms with E-state index < -0.39 is 5.76 Å². The van der Waals surface area contributed by atoms with Gasteiger partial charge in [0.2, 0.25) is 0 Å². The van der Waals surface area contributed by atoms with Gasteiger partial charge in [0.05, 0.1) is 5.52 Å². The smallest absolute Gasteiger partial charge is 0.408 e. The number of aromatic nitrogens is 3. The SMILES string of the molecule is Cn1nccc1C(=O)Nc1ccc2oc(=O)[nH]c2c1. The van der Waals surface area contributed by atoms with Crippen LogP contribution in [-0.4, -0.2) is 20.7 Å². The van der Waals surface area contributed by atoms with E-state index in [1.54, 1.807) is 37.5 Å². The summed E-state index contributed by atoms with van der Waals surface area (Å²) in [5.74, 6) is -0.796. The second kappa shape index (κ2) is 4.13. The number of hydrogen-bond acceptors (Lipinski definition) is 4. The standard InChI is InChI=1S/C12H10N4O3/c1-16-9(4-5-13-16)11(17)14-7-2-3-10-8(6-7)15-12(18)19-10/h2-6H,1H3,(H,14,17)(H,15,18). The van der Waals surface area contributed by atoms with Crippen LogP contribution in [0.5, 0.6) is 0 Å². The van der Waals surface area contributed by atoms with Crippen molar-refractivity contribution >= 4 is 22.7 Å². The Morgan fingerprint density at radius 3 is 3.00 bits per heavy atom. The van der Waals surface area contributed by atoms with Gasteiger partial charge in [0.15, 0.2) is 5.58 Å². The first-order valence-electron chi connectivity index (χ1n) is 5.56. The van der Waals surface area contributed by atoms with Gasteiger partial charge in [-0.3, -0.25) is 14.5 Å². The van der Waals surface area contributed by atoms with Gasteiger partial charge < -0.3 is 9.73 Å². The molecule has 7 heteroatoms. The quantitative estimate of drug-likeness (QED) is 0.720. The molecule has 0 spiro atoms. The third kappa shape index (κ3) is 2.01. The van der Waals surface area contributed by atoms with Crippen LogP contribution >= 0.6 is 0 Å². The Bertz CT molecular complexity index is 812. The van der Waals surface area contributed by atoms with Gasteiger partial charge in [0.1, 0.15) is 5.69 Å². The van der Waals surface area contributed by atoms with Crippen LogP contribution in [0.4, 0.5) is 5.69 Å². The van der Waals surface area contributed by atoms with Gasteiger partial charge in [-0.2, -0.15) is 5.10 Å². The minimum atomic E-state index is -0.523. The predicted molar refractivity (Wildman–Crippen MR) is 68.0 cm³/mol. The fourth-order valence-electron chi connectivity index (χ4n) is 1.82. The van der Waals surface area contributed by atoms with Crippen LogP contribution in [-0.2, 0) is 7.05 Å². The summed E-state index contributed by atoms with van der Waals surface area (Å²) in [4.78, 5) is 25.5. The average molecular weight is 258 g/mol. The lowest BCUT2D eigenvalue weighted by molar-refractivity contribution is 0.101. The molecule has 0 aliphatic rings. The molecule has 0 saturated carbocycles. The van der Waals surface area contributed by atoms with E-state index in [0.717, 1.165) is 0 Å². The molecule has 0 fully saturated rings. The number of carbonyl (C=O) groups excluding carboxylic acids is 1. The lowest BCUT2D eigenvalue weighted by Crippen LogP contribution is -2.15. The van der Waals surface area contributed by atoms with Crippen molar-refractivity contribution < 1.29 is 9.21 Å². The maximum atomic E-state index is 12.0. The molecule has 7 nitrogen and oxygen atoms in total. The molecule has 96 valence electrons. The number of oxazole rings is 1. The zero-order valence-electron chi connectivity index (χ0n) is 10.0. The van der Waals surface area contributed by atoms with Crippen LogP contribution in [0, 0.1) is 0 Å². The van der Waals surface area contributed by atoms with E-state index in [0.29, 0.717) is 22.5 Å². The number of nitrogens with zero attached hydrogens (tertiary/aromatic N) is 2. The number of fused-ring (bicyclic) bond motifs is 1. The highest BCUT2D eigenvalue weighted by Gasteiger charge is 2.10. The molecule has 2 N–H and O–H groups in total. The van der Waals surface area contributed by atoms with Crippen LogP contribution in [0.3, 0.4) is 0 Å². The van der Waals surface area contributed by atoms with E-state index in [9.17, 15) is 9.59 Å². The van der Waals surface area contributed by atoms with E-state index in [-0.39, 0.29) is 5.91 Å². The fourth-order valence-corrected chi connectivity index (χ4v) is 1.82. The number of benzene rings is 1. The summed E-state index contributed by atoms with van der Waals surface area (Å²) in [5, 5.41) is 6.65. The van der Waals surface area contributed by atoms with Gasteiger partial charge in [-0.05, 0) is 24.3 Å². The highest BCUT2D eigenvalue weighted by Crippen LogP contribution is 2.16. The van der Waals surface area contributed by atoms with Crippen molar-refractivity contribution in [3.8, 4) is 0 Å². The first-order valence-corrected chi connectivity index (χ1v) is 5.56. The molecule has 1 amide bonds. The van der Waals surface area contributed by atoms with Crippen molar-refractivity contribution in [1.29, 1.82) is 0 Å². The number of hydrogen-bond donors (Lipinski definition) is 2. The number of rotatable bonds is 2. The summed E-state index contributed by atoms with van der Waals surface area (Å²) >= 11 is 0. The Kier molecular flexibility index (Phi) is 2.45. The lowest BCUT2D eigenvalue weighted by Gasteiger charge is -2.04. The Labute approximate surface area is 106 Å². The molecule has 0 aliphatic carbocycles. The van der Waals surface area contributed by atoms with Crippen LogP contribution < -0.4 is 11.1 Å². The maximum absolute atomic E-state index is 12.0. The molecule has 3 aromatic rings. The molecule has 0 atom stereocenters. The largest absolute Gasteiger partial charge is 0.417 e. The summed E-state index contributed by atoms with van der Waals surface area (Å²) in [5.41, 5.74) is 1.99. The Balaban J connectivity index is 1.91. The fraction of sp³-hybridized carbons (Fsp3) is 0.0833. The third-order valence-corrected chi connectivity index (χ3v) is 2.73. The Hall–Kier alpha value is -2.83. The number of aryl methyl sites for hydroxylation is 1. The lowest BCUT2D eigenvalue weighted by atomic mass is 10.2. The first-order chi connectivity index (χ1) is 9.13. The molecule has 1 aromatic carbocycles. The second-order valence-corrected chi connectivity index (χ2v) is 4.02. The number of aromatic amines is 1. The van der Waals surface area contributed by atoms with E-state index in [2.05, 4.69) is 15.4 Å². The number of anilines is 1. The van der Waals surface area contributed by atoms with Gasteiger partial charge in [-0.25, -0.2) is 4.79 Å². The first kappa shape index (κ1) is 11.3. The molecule has 2 heterocycles. The van der Waals surface area contributed by atoms with Crippen LogP contribution in [0.15, 0.2) is 39.7 Å². The zero-order valence-corrected chi connectivity index (χ0v) is 10.0. The molecular formula is C12H10N4O3. The molecular weight excluding hydrogens is 248 g/mol. The van der Waals surface area contributed by atoms with Gasteiger partial charge in [-0.15, -0.1) is 0 Å². The summed E-state index contributed by atoms with van der Waals surface area (Å²) in [6.45, 7) is 0. The van der Waals surface area contributed by atoms with E-state index in [1.165, 1.54) is 4.68 Å². The minimum Gasteiger partial charge on any atom is -0.408 e. The Morgan fingerprint density at radius 2 is 2.26 bits per heavy atom. The second-order valence-electron chi connectivity index (χ2n) is 4.02. The molecule has 19 heavy (non-hydrogen) atoms. The molecule has 0 saturated heterocycles. The summed E-state index contributed by atoms with van der Waals surface area (Å²) < 4.78 is 6.36. The number of H-pyrrole nitrogens is 1. The van der Waals surface area contributed by atoms with Crippen LogP contribution in [0.2, 0.25) is 0 Å². The molecule has 3 rings (SSSR count). The van der Waals surface area contributed by atoms with E-state index >= 15 is 0 Å². The van der Waals surface area contributed by atoms with Crippen molar-refractivity contribution in [2.24, 2.45) is 7.05 Å². The Morgan fingerprint density at radius 1 is 1.42 bits per heavy atom. The van der Waals surface area contributed by atoms with Crippen molar-refractivity contribution in [3.63, 3.8) is 0 Å². The maximum Gasteiger partial charge on any atom is 0.417 e. The van der Waals surface area contributed by atoms with E-state index in [1.807, 2.05) is 0 Å². The van der Waals surface area contributed by atoms with E-state index in [4.69, 9.17) is 4.42 Å². The van der Waals surface area contributed by atoms with Crippen LogP contribution in [0.1, 0.15) is 10.5 Å². The number of amides is 1. The summed E-state index contributed by atoms with van der Waals surface area (Å²) in [6.07, 6.45) is 1.55. The van der Waals surface area contributed by atoms with Crippen molar-refractivity contribution in [3.05, 3.63) is 46.7 Å². The predicted octanol–water partition coefficient (Wildman–Crippen LogP) is 1.11. The van der Waals surface area contributed by atoms with Gasteiger partial charge in [0.25, 0.3) is 5.91 Å². The number of nitrogens with one attached hydrogen (secondary N) is 2. The highest BCUT2D eigenvalue weighted by molar-refractivity contribution is 6.03. The van der Waals surface area contributed by atoms with Gasteiger partial charge in [-0.1, -0.05) is 0 Å². The van der Waals surface area contributed by atoms with Gasteiger partial charge in [0, 0.05) is 18.9 Å². The highest BCUT2D eigenvalue weighted by atomic mass is 16.4. The van der Waals surface area contributed by atoms with Gasteiger partial charge >= 0.3 is 5.76 Å². The molecule has 0 radical (unpaired) electrons. The molecule has 0 unspecified atom stereocenters. The number of carbonyl (C=O) groups is 1. The normalized spacial score (nSPS) is 10.8. The summed E-state index contributed by atoms with van der Waals surface area (Å²) in [7, 11) is 1.69. The molecule has 0 bridgehead atoms. The topological polar surface area (TPSA) is 92.9 Å². The third-order valence-electron chi connectivity index (χ3n) is 2.73. The van der Waals surface area contributed by atoms with Crippen molar-refractivity contribution in [1.82, 2.24) is 14.8 Å². The monoisotopic (exact) mass is 258 g/mol. The minimum absolute atomic E-state index is 0.273. The molecule has 0 aliphatic heterocycles. The van der Waals surface area contributed by atoms with Crippen molar-refractivity contribution in [2.75, 3.05) is 5.32 Å². The zero-order chi connectivity index (χ0) is 13.4. The summed E-state index contributed by atoms with van der Waals surface area (Å²) in [6, 6.07) is 6.53. The van der Waals surface area contributed by atoms with Crippen LogP contribution in [0.25, 0.3) is 11.1 Å².